The summed E-state index contributed by atoms with van der Waals surface area (Å²) in [7, 11) is 0. The summed E-state index contributed by atoms with van der Waals surface area (Å²) in [5, 5.41) is 0. The van der Waals surface area contributed by atoms with Gasteiger partial charge in [-0.2, -0.15) is 0 Å². The summed E-state index contributed by atoms with van der Waals surface area (Å²) in [6.07, 6.45) is 7.28. The second-order valence-corrected chi connectivity index (χ2v) is 7.48. The van der Waals surface area contributed by atoms with Crippen LogP contribution < -0.4 is 0 Å². The van der Waals surface area contributed by atoms with Gasteiger partial charge in [-0.3, -0.25) is 0 Å². The van der Waals surface area contributed by atoms with Gasteiger partial charge < -0.3 is 0 Å². The van der Waals surface area contributed by atoms with Crippen LogP contribution >= 0.6 is 0 Å². The van der Waals surface area contributed by atoms with Crippen LogP contribution in [0.25, 0.3) is 0 Å². The van der Waals surface area contributed by atoms with Crippen molar-refractivity contribution in [2.24, 2.45) is 21.3 Å². The Labute approximate surface area is 89.0 Å². The fourth-order valence-corrected chi connectivity index (χ4v) is 6.11. The molecule has 0 heterocycles. The maximum absolute atomic E-state index is 10.9. The molecule has 0 saturated heterocycles. The van der Waals surface area contributed by atoms with Crippen LogP contribution in [0.3, 0.4) is 0 Å². The molecule has 0 aliphatic heterocycles. The second-order valence-electron chi connectivity index (χ2n) is 5.43. The van der Waals surface area contributed by atoms with E-state index < -0.39 is 16.5 Å². The molecule has 0 aromatic heterocycles. The Bertz CT molecular complexity index is 342. The quantitative estimate of drug-likeness (QED) is 0.715. The molecule has 3 nitrogen and oxygen atoms in total. The van der Waals surface area contributed by atoms with Crippen LogP contribution in [0, 0.1) is 17.8 Å². The fourth-order valence-electron chi connectivity index (χ4n) is 4.31. The van der Waals surface area contributed by atoms with Gasteiger partial charge in [-0.15, -0.1) is 0 Å². The van der Waals surface area contributed by atoms with Gasteiger partial charge in [-0.1, -0.05) is 0 Å². The zero-order valence-electron chi connectivity index (χ0n) is 8.12. The Kier molecular flexibility index (Phi) is 2.01. The first-order chi connectivity index (χ1) is 6.65. The Balaban J connectivity index is 1.98. The van der Waals surface area contributed by atoms with E-state index in [-0.39, 0.29) is 5.54 Å². The number of hydrogen-bond donors (Lipinski definition) is 0. The Morgan fingerprint density at radius 1 is 0.929 bits per heavy atom. The van der Waals surface area contributed by atoms with E-state index in [0.717, 1.165) is 37.0 Å². The van der Waals surface area contributed by atoms with Crippen LogP contribution in [-0.4, -0.2) is 5.54 Å². The van der Waals surface area contributed by atoms with Crippen molar-refractivity contribution in [2.45, 2.75) is 44.1 Å². The van der Waals surface area contributed by atoms with E-state index in [1.165, 1.54) is 19.3 Å². The van der Waals surface area contributed by atoms with E-state index in [9.17, 15) is 6.94 Å². The van der Waals surface area contributed by atoms with Crippen LogP contribution in [0.5, 0.6) is 0 Å². The van der Waals surface area contributed by atoms with Gasteiger partial charge in [0, 0.05) is 0 Å². The summed E-state index contributed by atoms with van der Waals surface area (Å²) in [6, 6.07) is 0. The van der Waals surface area contributed by atoms with Gasteiger partial charge in [-0.25, -0.2) is 0 Å². The summed E-state index contributed by atoms with van der Waals surface area (Å²) < 4.78 is 25.9. The molecule has 0 aromatic rings. The summed E-state index contributed by atoms with van der Waals surface area (Å²) in [5.74, 6) is 2.39. The molecule has 0 spiro atoms. The molecule has 4 aliphatic carbocycles. The van der Waals surface area contributed by atoms with E-state index in [4.69, 9.17) is 0 Å². The van der Waals surface area contributed by atoms with Crippen LogP contribution in [0.2, 0.25) is 0 Å². The van der Waals surface area contributed by atoms with Crippen LogP contribution in [0.15, 0.2) is 3.57 Å². The molecule has 0 atom stereocenters. The third-order valence-corrected chi connectivity index (χ3v) is 6.04. The van der Waals surface area contributed by atoms with Crippen LogP contribution in [0.4, 0.5) is 0 Å². The molecule has 4 bridgehead atoms. The first-order valence-electron chi connectivity index (χ1n) is 5.44. The van der Waals surface area contributed by atoms with Crippen LogP contribution in [-0.2, 0) is 23.4 Å². The summed E-state index contributed by atoms with van der Waals surface area (Å²) in [4.78, 5) is 0. The average molecular weight is 367 g/mol. The standard InChI is InChI=1S/C10H15N.2O.Re/c11-10-4-7-1-8(5-10)3-9(2-7)6-10;;;/h7-9H,1-6H2;;;. The molecule has 4 aliphatic rings. The predicted molar refractivity (Wildman–Crippen MR) is 44.7 cm³/mol. The zero-order chi connectivity index (χ0) is 9.76. The number of hydrogen-bond acceptors (Lipinski definition) is 3. The second kappa shape index (κ2) is 3.03. The van der Waals surface area contributed by atoms with Crippen molar-refractivity contribution in [1.82, 2.24) is 0 Å². The molecule has 4 fully saturated rings. The topological polar surface area (TPSA) is 46.5 Å². The molecule has 0 amide bonds. The van der Waals surface area contributed by atoms with Gasteiger partial charge in [0.15, 0.2) is 0 Å². The van der Waals surface area contributed by atoms with Crippen molar-refractivity contribution in [3.05, 3.63) is 0 Å². The van der Waals surface area contributed by atoms with E-state index in [2.05, 4.69) is 3.57 Å². The molecule has 0 aromatic carbocycles. The minimum absolute atomic E-state index is 0.0954. The average Bonchev–Trinajstić information content (AvgIpc) is 1.96. The first kappa shape index (κ1) is 9.30. The van der Waals surface area contributed by atoms with Gasteiger partial charge in [0.1, 0.15) is 0 Å². The predicted octanol–water partition coefficient (Wildman–Crippen LogP) is 2.45. The Hall–Kier alpha value is 0.0623. The van der Waals surface area contributed by atoms with Gasteiger partial charge in [-0.05, 0) is 0 Å². The molecular weight excluding hydrogens is 352 g/mol. The summed E-state index contributed by atoms with van der Waals surface area (Å²) in [6.45, 7) is 0. The number of nitrogens with zero attached hydrogens (tertiary/aromatic N) is 1. The molecule has 0 unspecified atom stereocenters. The number of rotatable bonds is 1. The van der Waals surface area contributed by atoms with E-state index in [1.54, 1.807) is 0 Å². The van der Waals surface area contributed by atoms with Gasteiger partial charge in [0.25, 0.3) is 0 Å². The van der Waals surface area contributed by atoms with E-state index in [1.807, 2.05) is 0 Å². The Morgan fingerprint density at radius 3 is 1.71 bits per heavy atom. The first-order valence-corrected chi connectivity index (χ1v) is 8.87. The normalized spacial score (nSPS) is 49.3. The third kappa shape index (κ3) is 1.44. The molecule has 4 saturated carbocycles. The molecular formula is C10H15NO2Re. The molecule has 0 radical (unpaired) electrons. The maximum atomic E-state index is 10.9. The van der Waals surface area contributed by atoms with Crippen molar-refractivity contribution in [3.63, 3.8) is 0 Å². The van der Waals surface area contributed by atoms with E-state index in [0.29, 0.717) is 0 Å². The zero-order valence-corrected chi connectivity index (χ0v) is 10.8. The van der Waals surface area contributed by atoms with Crippen molar-refractivity contribution in [3.8, 4) is 0 Å². The van der Waals surface area contributed by atoms with Crippen molar-refractivity contribution >= 4 is 0 Å². The fraction of sp³-hybridized carbons (Fsp3) is 1.00. The van der Waals surface area contributed by atoms with Gasteiger partial charge in [0.05, 0.1) is 0 Å². The molecule has 0 N–H and O–H groups in total. The van der Waals surface area contributed by atoms with Gasteiger partial charge >= 0.3 is 88.8 Å². The van der Waals surface area contributed by atoms with Crippen molar-refractivity contribution < 1.29 is 23.4 Å². The minimum atomic E-state index is -3.62. The summed E-state index contributed by atoms with van der Waals surface area (Å²) >= 11 is -3.62. The third-order valence-electron chi connectivity index (χ3n) is 4.25. The van der Waals surface area contributed by atoms with Gasteiger partial charge in [0.2, 0.25) is 0 Å². The molecule has 79 valence electrons. The van der Waals surface area contributed by atoms with E-state index >= 15 is 0 Å². The Morgan fingerprint density at radius 2 is 1.36 bits per heavy atom. The van der Waals surface area contributed by atoms with Crippen LogP contribution in [0.1, 0.15) is 38.5 Å². The van der Waals surface area contributed by atoms with Crippen molar-refractivity contribution in [1.29, 1.82) is 0 Å². The summed E-state index contributed by atoms with van der Waals surface area (Å²) in [5.41, 5.74) is -0.0954. The molecule has 14 heavy (non-hydrogen) atoms. The SMILES string of the molecule is [O]=[Re](=[O])=[N]C12CC3CC(CC(C3)C1)C2. The monoisotopic (exact) mass is 368 g/mol. The molecule has 4 heteroatoms. The van der Waals surface area contributed by atoms with Crippen molar-refractivity contribution in [2.75, 3.05) is 0 Å². The molecule has 4 rings (SSSR count).